The molecule has 0 bridgehead atoms. The molecule has 1 aromatic heterocycles. The highest BCUT2D eigenvalue weighted by Crippen LogP contribution is 2.18. The maximum absolute atomic E-state index is 13.3. The first-order valence-corrected chi connectivity index (χ1v) is 7.92. The van der Waals surface area contributed by atoms with Crippen LogP contribution in [0, 0.1) is 5.82 Å². The first kappa shape index (κ1) is 16.9. The zero-order valence-corrected chi connectivity index (χ0v) is 14.1. The van der Waals surface area contributed by atoms with Crippen molar-refractivity contribution in [3.05, 3.63) is 59.5 Å². The predicted molar refractivity (Wildman–Crippen MR) is 92.8 cm³/mol. The molecule has 1 N–H and O–H groups in total. The maximum Gasteiger partial charge on any atom is 0.264 e. The Labute approximate surface area is 145 Å². The van der Waals surface area contributed by atoms with Gasteiger partial charge in [-0.05, 0) is 18.2 Å². The van der Waals surface area contributed by atoms with Gasteiger partial charge in [0.25, 0.3) is 5.91 Å². The van der Waals surface area contributed by atoms with E-state index in [2.05, 4.69) is 15.5 Å². The molecule has 0 fully saturated rings. The molecule has 1 atom stereocenters. The van der Waals surface area contributed by atoms with E-state index in [1.807, 2.05) is 31.1 Å². The van der Waals surface area contributed by atoms with E-state index in [0.29, 0.717) is 24.2 Å². The van der Waals surface area contributed by atoms with Gasteiger partial charge >= 0.3 is 0 Å². The van der Waals surface area contributed by atoms with Crippen molar-refractivity contribution in [2.75, 3.05) is 19.0 Å². The molecule has 25 heavy (non-hydrogen) atoms. The van der Waals surface area contributed by atoms with Crippen LogP contribution in [0.5, 0.6) is 0 Å². The quantitative estimate of drug-likeness (QED) is 0.904. The summed E-state index contributed by atoms with van der Waals surface area (Å²) in [6, 6.07) is 9.82. The van der Waals surface area contributed by atoms with E-state index in [1.165, 1.54) is 12.1 Å². The van der Waals surface area contributed by atoms with Gasteiger partial charge in [-0.1, -0.05) is 23.4 Å². The molecule has 0 saturated carbocycles. The van der Waals surface area contributed by atoms with Gasteiger partial charge in [-0.25, -0.2) is 9.37 Å². The fourth-order valence-electron chi connectivity index (χ4n) is 2.62. The number of nitrogens with one attached hydrogen (secondary N) is 1. The molecule has 1 unspecified atom stereocenters. The number of benzene rings is 1. The highest BCUT2D eigenvalue weighted by Gasteiger charge is 2.29. The van der Waals surface area contributed by atoms with Gasteiger partial charge in [0.2, 0.25) is 6.10 Å². The van der Waals surface area contributed by atoms with Crippen molar-refractivity contribution in [2.45, 2.75) is 19.1 Å². The standard InChI is InChI=1S/C18H19FN4O2/c1-23(2)17-13(6-4-8-20-17)11-21-18(24)16-10-15(22-25-16)12-5-3-7-14(19)9-12/h3-9,16H,10-11H2,1-2H3,(H,21,24). The monoisotopic (exact) mass is 342 g/mol. The molecule has 0 radical (unpaired) electrons. The van der Waals surface area contributed by atoms with Crippen LogP contribution in [-0.2, 0) is 16.2 Å². The van der Waals surface area contributed by atoms with Gasteiger partial charge in [0.15, 0.2) is 0 Å². The molecule has 1 aliphatic heterocycles. The maximum atomic E-state index is 13.3. The SMILES string of the molecule is CN(C)c1ncccc1CNC(=O)C1CC(c2cccc(F)c2)=NO1. The Kier molecular flexibility index (Phi) is 4.92. The first-order chi connectivity index (χ1) is 12.0. The van der Waals surface area contributed by atoms with E-state index < -0.39 is 6.10 Å². The molecule has 2 heterocycles. The molecule has 7 heteroatoms. The summed E-state index contributed by atoms with van der Waals surface area (Å²) < 4.78 is 13.3. The van der Waals surface area contributed by atoms with Gasteiger partial charge in [-0.15, -0.1) is 0 Å². The molecule has 130 valence electrons. The lowest BCUT2D eigenvalue weighted by atomic mass is 10.0. The van der Waals surface area contributed by atoms with Crippen molar-refractivity contribution in [3.63, 3.8) is 0 Å². The van der Waals surface area contributed by atoms with E-state index in [1.54, 1.807) is 18.3 Å². The Morgan fingerprint density at radius 1 is 1.36 bits per heavy atom. The van der Waals surface area contributed by atoms with Crippen LogP contribution in [0.1, 0.15) is 17.5 Å². The number of hydrogen-bond donors (Lipinski definition) is 1. The van der Waals surface area contributed by atoms with Crippen LogP contribution in [0.25, 0.3) is 0 Å². The first-order valence-electron chi connectivity index (χ1n) is 7.92. The average molecular weight is 342 g/mol. The number of carbonyl (C=O) groups excluding carboxylic acids is 1. The number of carbonyl (C=O) groups is 1. The summed E-state index contributed by atoms with van der Waals surface area (Å²) in [5.41, 5.74) is 2.09. The lowest BCUT2D eigenvalue weighted by Gasteiger charge is -2.16. The number of pyridine rings is 1. The molecule has 0 saturated heterocycles. The zero-order chi connectivity index (χ0) is 17.8. The summed E-state index contributed by atoms with van der Waals surface area (Å²) in [6.07, 6.45) is 1.31. The molecule has 0 aliphatic carbocycles. The molecule has 1 amide bonds. The lowest BCUT2D eigenvalue weighted by molar-refractivity contribution is -0.131. The molecular formula is C18H19FN4O2. The van der Waals surface area contributed by atoms with Crippen molar-refractivity contribution in [2.24, 2.45) is 5.16 Å². The Balaban J connectivity index is 1.59. The minimum Gasteiger partial charge on any atom is -0.382 e. The van der Waals surface area contributed by atoms with Gasteiger partial charge in [0.1, 0.15) is 11.6 Å². The topological polar surface area (TPSA) is 66.8 Å². The van der Waals surface area contributed by atoms with Crippen molar-refractivity contribution in [1.82, 2.24) is 10.3 Å². The summed E-state index contributed by atoms with van der Waals surface area (Å²) in [5, 5.41) is 6.76. The van der Waals surface area contributed by atoms with E-state index in [-0.39, 0.29) is 11.7 Å². The molecule has 3 rings (SSSR count). The second-order valence-corrected chi connectivity index (χ2v) is 5.94. The fraction of sp³-hybridized carbons (Fsp3) is 0.278. The van der Waals surface area contributed by atoms with Crippen molar-refractivity contribution in [1.29, 1.82) is 0 Å². The third kappa shape index (κ3) is 3.93. The van der Waals surface area contributed by atoms with Crippen LogP contribution in [-0.4, -0.2) is 36.8 Å². The van der Waals surface area contributed by atoms with Gasteiger partial charge < -0.3 is 15.1 Å². The number of nitrogens with zero attached hydrogens (tertiary/aromatic N) is 3. The van der Waals surface area contributed by atoms with Crippen LogP contribution in [0.2, 0.25) is 0 Å². The van der Waals surface area contributed by atoms with Gasteiger partial charge in [-0.3, -0.25) is 4.79 Å². The van der Waals surface area contributed by atoms with Gasteiger partial charge in [0.05, 0.1) is 5.71 Å². The smallest absolute Gasteiger partial charge is 0.264 e. The number of amides is 1. The minimum absolute atomic E-state index is 0.260. The second-order valence-electron chi connectivity index (χ2n) is 5.94. The zero-order valence-electron chi connectivity index (χ0n) is 14.1. The third-order valence-corrected chi connectivity index (χ3v) is 3.86. The number of anilines is 1. The Bertz CT molecular complexity index is 807. The summed E-state index contributed by atoms with van der Waals surface area (Å²) in [4.78, 5) is 23.7. The van der Waals surface area contributed by atoms with Crippen molar-refractivity contribution in [3.8, 4) is 0 Å². The highest BCUT2D eigenvalue weighted by molar-refractivity contribution is 6.04. The number of oxime groups is 1. The second kappa shape index (κ2) is 7.29. The Morgan fingerprint density at radius 2 is 2.20 bits per heavy atom. The highest BCUT2D eigenvalue weighted by atomic mass is 19.1. The summed E-state index contributed by atoms with van der Waals surface area (Å²) in [6.45, 7) is 0.343. The summed E-state index contributed by atoms with van der Waals surface area (Å²) >= 11 is 0. The lowest BCUT2D eigenvalue weighted by Crippen LogP contribution is -2.34. The van der Waals surface area contributed by atoms with Crippen LogP contribution in [0.4, 0.5) is 10.2 Å². The van der Waals surface area contributed by atoms with E-state index in [9.17, 15) is 9.18 Å². The largest absolute Gasteiger partial charge is 0.382 e. The average Bonchev–Trinajstić information content (AvgIpc) is 3.10. The normalized spacial score (nSPS) is 16.1. The Hall–Kier alpha value is -2.96. The van der Waals surface area contributed by atoms with E-state index in [0.717, 1.165) is 11.4 Å². The van der Waals surface area contributed by atoms with Gasteiger partial charge in [-0.2, -0.15) is 0 Å². The van der Waals surface area contributed by atoms with Crippen molar-refractivity contribution < 1.29 is 14.0 Å². The van der Waals surface area contributed by atoms with Crippen molar-refractivity contribution >= 4 is 17.4 Å². The molecule has 6 nitrogen and oxygen atoms in total. The molecule has 1 aliphatic rings. The third-order valence-electron chi connectivity index (χ3n) is 3.86. The summed E-state index contributed by atoms with van der Waals surface area (Å²) in [5.74, 6) is 0.191. The summed E-state index contributed by atoms with van der Waals surface area (Å²) in [7, 11) is 3.79. The van der Waals surface area contributed by atoms with Gasteiger partial charge in [0, 0.05) is 44.4 Å². The molecule has 1 aromatic carbocycles. The number of hydrogen-bond acceptors (Lipinski definition) is 5. The minimum atomic E-state index is -0.710. The number of halogens is 1. The number of rotatable bonds is 5. The van der Waals surface area contributed by atoms with E-state index >= 15 is 0 Å². The predicted octanol–water partition coefficient (Wildman–Crippen LogP) is 2.10. The molecular weight excluding hydrogens is 323 g/mol. The van der Waals surface area contributed by atoms with Crippen LogP contribution < -0.4 is 10.2 Å². The fourth-order valence-corrected chi connectivity index (χ4v) is 2.62. The Morgan fingerprint density at radius 3 is 2.96 bits per heavy atom. The van der Waals surface area contributed by atoms with Crippen LogP contribution >= 0.6 is 0 Å². The van der Waals surface area contributed by atoms with Crippen LogP contribution in [0.3, 0.4) is 0 Å². The number of aromatic nitrogens is 1. The molecule has 2 aromatic rings. The van der Waals surface area contributed by atoms with Crippen LogP contribution in [0.15, 0.2) is 47.8 Å². The molecule has 0 spiro atoms. The van der Waals surface area contributed by atoms with E-state index in [4.69, 9.17) is 4.84 Å².